The average Bonchev–Trinajstić information content (AvgIpc) is 2.92. The molecule has 0 radical (unpaired) electrons. The molecule has 5 nitrogen and oxygen atoms in total. The second-order valence-corrected chi connectivity index (χ2v) is 7.53. The summed E-state index contributed by atoms with van der Waals surface area (Å²) in [7, 11) is -1.65. The molecule has 6 heteroatoms. The molecule has 0 saturated carbocycles. The van der Waals surface area contributed by atoms with Crippen molar-refractivity contribution >= 4 is 10.0 Å². The molecular formula is C14H19N3O2S. The molecule has 0 fully saturated rings. The number of hydrogen-bond acceptors (Lipinski definition) is 3. The Kier molecular flexibility index (Phi) is 4.25. The molecule has 0 aliphatic heterocycles. The van der Waals surface area contributed by atoms with Crippen molar-refractivity contribution in [1.29, 1.82) is 0 Å². The number of benzene rings is 1. The summed E-state index contributed by atoms with van der Waals surface area (Å²) < 4.78 is 27.4. The molecule has 0 unspecified atom stereocenters. The van der Waals surface area contributed by atoms with Crippen LogP contribution in [-0.4, -0.2) is 34.8 Å². The summed E-state index contributed by atoms with van der Waals surface area (Å²) in [6.45, 7) is 3.70. The van der Waals surface area contributed by atoms with E-state index in [0.717, 1.165) is 11.3 Å². The lowest BCUT2D eigenvalue weighted by atomic mass is 10.2. The van der Waals surface area contributed by atoms with Gasteiger partial charge < -0.3 is 0 Å². The van der Waals surface area contributed by atoms with Crippen molar-refractivity contribution in [2.24, 2.45) is 0 Å². The van der Waals surface area contributed by atoms with Gasteiger partial charge in [0.1, 0.15) is 0 Å². The summed E-state index contributed by atoms with van der Waals surface area (Å²) in [4.78, 5) is 0. The minimum atomic E-state index is -3.26. The van der Waals surface area contributed by atoms with Crippen LogP contribution in [0.3, 0.4) is 0 Å². The molecule has 108 valence electrons. The number of hydrogen-bond donors (Lipinski definition) is 0. The SMILES string of the molecule is CC(C)S(=O)(=O)N(C)Cc1ccccc1-n1cccn1. The summed E-state index contributed by atoms with van der Waals surface area (Å²) >= 11 is 0. The van der Waals surface area contributed by atoms with E-state index in [0.29, 0.717) is 6.54 Å². The quantitative estimate of drug-likeness (QED) is 0.847. The van der Waals surface area contributed by atoms with Crippen molar-refractivity contribution in [2.75, 3.05) is 7.05 Å². The minimum absolute atomic E-state index is 0.330. The Balaban J connectivity index is 2.32. The number of para-hydroxylation sites is 1. The van der Waals surface area contributed by atoms with Gasteiger partial charge in [0.05, 0.1) is 10.9 Å². The molecule has 0 bridgehead atoms. The van der Waals surface area contributed by atoms with Crippen LogP contribution in [-0.2, 0) is 16.6 Å². The van der Waals surface area contributed by atoms with Gasteiger partial charge in [0.15, 0.2) is 0 Å². The molecule has 0 saturated heterocycles. The minimum Gasteiger partial charge on any atom is -0.241 e. The lowest BCUT2D eigenvalue weighted by molar-refractivity contribution is 0.459. The highest BCUT2D eigenvalue weighted by Crippen LogP contribution is 2.18. The molecule has 2 aromatic rings. The predicted octanol–water partition coefficient (Wildman–Crippen LogP) is 2.04. The van der Waals surface area contributed by atoms with Gasteiger partial charge in [0.25, 0.3) is 0 Å². The maximum atomic E-state index is 12.1. The molecule has 1 aromatic carbocycles. The van der Waals surface area contributed by atoms with Crippen molar-refractivity contribution in [1.82, 2.24) is 14.1 Å². The standard InChI is InChI=1S/C14H19N3O2S/c1-12(2)20(18,19)16(3)11-13-7-4-5-8-14(13)17-10-6-9-15-17/h4-10,12H,11H2,1-3H3. The molecule has 0 atom stereocenters. The van der Waals surface area contributed by atoms with Gasteiger partial charge in [-0.1, -0.05) is 18.2 Å². The zero-order valence-electron chi connectivity index (χ0n) is 11.9. The van der Waals surface area contributed by atoms with E-state index < -0.39 is 15.3 Å². The van der Waals surface area contributed by atoms with Gasteiger partial charge in [-0.15, -0.1) is 0 Å². The van der Waals surface area contributed by atoms with Crippen LogP contribution >= 0.6 is 0 Å². The fraction of sp³-hybridized carbons (Fsp3) is 0.357. The predicted molar refractivity (Wildman–Crippen MR) is 79.1 cm³/mol. The lowest BCUT2D eigenvalue weighted by Crippen LogP contribution is -2.32. The Morgan fingerprint density at radius 3 is 2.55 bits per heavy atom. The third-order valence-corrected chi connectivity index (χ3v) is 5.36. The summed E-state index contributed by atoms with van der Waals surface area (Å²) in [6, 6.07) is 9.50. The Morgan fingerprint density at radius 2 is 1.95 bits per heavy atom. The Hall–Kier alpha value is -1.66. The number of rotatable bonds is 5. The molecule has 0 aliphatic carbocycles. The van der Waals surface area contributed by atoms with Crippen LogP contribution in [0.5, 0.6) is 0 Å². The second kappa shape index (κ2) is 5.76. The number of aromatic nitrogens is 2. The van der Waals surface area contributed by atoms with Crippen molar-refractivity contribution < 1.29 is 8.42 Å². The van der Waals surface area contributed by atoms with Crippen LogP contribution in [0.4, 0.5) is 0 Å². The van der Waals surface area contributed by atoms with Crippen molar-refractivity contribution in [2.45, 2.75) is 25.6 Å². The van der Waals surface area contributed by atoms with E-state index >= 15 is 0 Å². The first-order chi connectivity index (χ1) is 9.43. The molecule has 2 rings (SSSR count). The third kappa shape index (κ3) is 2.91. The van der Waals surface area contributed by atoms with Gasteiger partial charge in [0.2, 0.25) is 10.0 Å². The van der Waals surface area contributed by atoms with E-state index in [1.54, 1.807) is 31.8 Å². The first-order valence-corrected chi connectivity index (χ1v) is 7.96. The Morgan fingerprint density at radius 1 is 1.25 bits per heavy atom. The summed E-state index contributed by atoms with van der Waals surface area (Å²) in [6.07, 6.45) is 3.54. The average molecular weight is 293 g/mol. The smallest absolute Gasteiger partial charge is 0.216 e. The van der Waals surface area contributed by atoms with Crippen molar-refractivity contribution in [3.8, 4) is 5.69 Å². The first-order valence-electron chi connectivity index (χ1n) is 6.46. The van der Waals surface area contributed by atoms with Crippen LogP contribution in [0.2, 0.25) is 0 Å². The van der Waals surface area contributed by atoms with Crippen molar-refractivity contribution in [3.05, 3.63) is 48.3 Å². The zero-order valence-corrected chi connectivity index (χ0v) is 12.7. The second-order valence-electron chi connectivity index (χ2n) is 4.93. The molecule has 0 spiro atoms. The summed E-state index contributed by atoms with van der Waals surface area (Å²) in [5.41, 5.74) is 1.81. The topological polar surface area (TPSA) is 55.2 Å². The molecule has 0 N–H and O–H groups in total. The Labute approximate surface area is 119 Å². The van der Waals surface area contributed by atoms with Gasteiger partial charge in [-0.25, -0.2) is 17.4 Å². The highest BCUT2D eigenvalue weighted by Gasteiger charge is 2.23. The molecule has 20 heavy (non-hydrogen) atoms. The molecule has 0 amide bonds. The van der Waals surface area contributed by atoms with Gasteiger partial charge in [-0.05, 0) is 31.5 Å². The number of sulfonamides is 1. The van der Waals surface area contributed by atoms with E-state index in [9.17, 15) is 8.42 Å². The lowest BCUT2D eigenvalue weighted by Gasteiger charge is -2.21. The van der Waals surface area contributed by atoms with Crippen LogP contribution < -0.4 is 0 Å². The fourth-order valence-electron chi connectivity index (χ4n) is 1.97. The number of nitrogens with zero attached hydrogens (tertiary/aromatic N) is 3. The first kappa shape index (κ1) is 14.7. The fourth-order valence-corrected chi connectivity index (χ4v) is 3.01. The summed E-state index contributed by atoms with van der Waals surface area (Å²) in [5.74, 6) is 0. The third-order valence-electron chi connectivity index (χ3n) is 3.17. The molecule has 0 aliphatic rings. The molecular weight excluding hydrogens is 274 g/mol. The van der Waals surface area contributed by atoms with Gasteiger partial charge in [0, 0.05) is 26.0 Å². The van der Waals surface area contributed by atoms with Gasteiger partial charge >= 0.3 is 0 Å². The maximum absolute atomic E-state index is 12.1. The largest absolute Gasteiger partial charge is 0.241 e. The monoisotopic (exact) mass is 293 g/mol. The Bertz CT molecular complexity index is 663. The van der Waals surface area contributed by atoms with Gasteiger partial charge in [-0.3, -0.25) is 0 Å². The van der Waals surface area contributed by atoms with Crippen LogP contribution in [0, 0.1) is 0 Å². The van der Waals surface area contributed by atoms with E-state index in [2.05, 4.69) is 5.10 Å². The molecule has 1 aromatic heterocycles. The van der Waals surface area contributed by atoms with E-state index in [-0.39, 0.29) is 0 Å². The van der Waals surface area contributed by atoms with Crippen LogP contribution in [0.25, 0.3) is 5.69 Å². The zero-order chi connectivity index (χ0) is 14.8. The van der Waals surface area contributed by atoms with Crippen LogP contribution in [0.1, 0.15) is 19.4 Å². The van der Waals surface area contributed by atoms with Gasteiger partial charge in [-0.2, -0.15) is 5.10 Å². The summed E-state index contributed by atoms with van der Waals surface area (Å²) in [5, 5.41) is 3.77. The maximum Gasteiger partial charge on any atom is 0.216 e. The van der Waals surface area contributed by atoms with Crippen LogP contribution in [0.15, 0.2) is 42.7 Å². The highest BCUT2D eigenvalue weighted by molar-refractivity contribution is 7.89. The van der Waals surface area contributed by atoms with E-state index in [4.69, 9.17) is 0 Å². The normalized spacial score (nSPS) is 12.2. The molecule has 1 heterocycles. The van der Waals surface area contributed by atoms with Crippen molar-refractivity contribution in [3.63, 3.8) is 0 Å². The highest BCUT2D eigenvalue weighted by atomic mass is 32.2. The van der Waals surface area contributed by atoms with E-state index in [1.165, 1.54) is 4.31 Å². The van der Waals surface area contributed by atoms with E-state index in [1.807, 2.05) is 36.5 Å².